The molecule has 0 aliphatic carbocycles. The van der Waals surface area contributed by atoms with Crippen molar-refractivity contribution in [2.24, 2.45) is 0 Å². The Bertz CT molecular complexity index is 261. The van der Waals surface area contributed by atoms with Crippen LogP contribution in [0.5, 0.6) is 5.75 Å². The topological polar surface area (TPSA) is 21.3 Å². The van der Waals surface area contributed by atoms with E-state index >= 15 is 0 Å². The lowest BCUT2D eigenvalue weighted by atomic mass is 10.2. The molecule has 1 fully saturated rings. The van der Waals surface area contributed by atoms with Gasteiger partial charge in [0, 0.05) is 13.1 Å². The van der Waals surface area contributed by atoms with Crippen molar-refractivity contribution in [3.8, 4) is 5.75 Å². The summed E-state index contributed by atoms with van der Waals surface area (Å²) in [5.41, 5.74) is 0. The molecule has 1 N–H and O–H groups in total. The van der Waals surface area contributed by atoms with Crippen LogP contribution in [0.1, 0.15) is 0 Å². The van der Waals surface area contributed by atoms with Crippen molar-refractivity contribution in [3.63, 3.8) is 0 Å². The zero-order chi connectivity index (χ0) is 8.39. The fourth-order valence-electron chi connectivity index (χ4n) is 1.05. The molecule has 2 nitrogen and oxygen atoms in total. The standard InChI is InChI=1S/C9H10FNO.ClH/c10-7-1-3-8(4-2-7)12-9-5-11-6-9;/h1-4,9,11H,5-6H2;1H. The quantitative estimate of drug-likeness (QED) is 0.789. The van der Waals surface area contributed by atoms with Crippen LogP contribution in [0.15, 0.2) is 24.3 Å². The lowest BCUT2D eigenvalue weighted by Crippen LogP contribution is -2.50. The number of hydrogen-bond acceptors (Lipinski definition) is 2. The van der Waals surface area contributed by atoms with Gasteiger partial charge in [0.25, 0.3) is 0 Å². The van der Waals surface area contributed by atoms with Crippen LogP contribution in [0.25, 0.3) is 0 Å². The highest BCUT2D eigenvalue weighted by atomic mass is 35.5. The molecule has 1 aromatic carbocycles. The molecule has 0 atom stereocenters. The third-order valence-corrected chi connectivity index (χ3v) is 1.86. The van der Waals surface area contributed by atoms with Gasteiger partial charge in [-0.3, -0.25) is 0 Å². The number of hydrogen-bond donors (Lipinski definition) is 1. The number of rotatable bonds is 2. The Morgan fingerprint density at radius 3 is 2.31 bits per heavy atom. The second kappa shape index (κ2) is 4.44. The van der Waals surface area contributed by atoms with Crippen molar-refractivity contribution >= 4 is 12.4 Å². The van der Waals surface area contributed by atoms with E-state index in [-0.39, 0.29) is 24.3 Å². The highest BCUT2D eigenvalue weighted by Crippen LogP contribution is 2.14. The van der Waals surface area contributed by atoms with Gasteiger partial charge in [-0.05, 0) is 24.3 Å². The van der Waals surface area contributed by atoms with Crippen LogP contribution in [0.2, 0.25) is 0 Å². The van der Waals surface area contributed by atoms with Crippen molar-refractivity contribution in [1.29, 1.82) is 0 Å². The molecule has 0 aromatic heterocycles. The van der Waals surface area contributed by atoms with Gasteiger partial charge in [-0.2, -0.15) is 0 Å². The van der Waals surface area contributed by atoms with Crippen molar-refractivity contribution in [1.82, 2.24) is 5.32 Å². The molecule has 1 aliphatic rings. The predicted octanol–water partition coefficient (Wildman–Crippen LogP) is 1.60. The Morgan fingerprint density at radius 2 is 1.85 bits per heavy atom. The summed E-state index contributed by atoms with van der Waals surface area (Å²) in [5.74, 6) is 0.511. The summed E-state index contributed by atoms with van der Waals surface area (Å²) in [5, 5.41) is 3.09. The van der Waals surface area contributed by atoms with Gasteiger partial charge < -0.3 is 10.1 Å². The second-order valence-electron chi connectivity index (χ2n) is 2.85. The van der Waals surface area contributed by atoms with Crippen LogP contribution in [0, 0.1) is 5.82 Å². The van der Waals surface area contributed by atoms with E-state index in [0.717, 1.165) is 18.8 Å². The SMILES string of the molecule is Cl.Fc1ccc(OC2CNC2)cc1. The van der Waals surface area contributed by atoms with Gasteiger partial charge in [0.1, 0.15) is 17.7 Å². The molecule has 2 rings (SSSR count). The smallest absolute Gasteiger partial charge is 0.123 e. The summed E-state index contributed by atoms with van der Waals surface area (Å²) in [7, 11) is 0. The van der Waals surface area contributed by atoms with Gasteiger partial charge in [-0.25, -0.2) is 4.39 Å². The van der Waals surface area contributed by atoms with Crippen molar-refractivity contribution in [2.75, 3.05) is 13.1 Å². The maximum atomic E-state index is 12.5. The average molecular weight is 204 g/mol. The van der Waals surface area contributed by atoms with Crippen LogP contribution in [-0.2, 0) is 0 Å². The Labute approximate surface area is 82.5 Å². The maximum absolute atomic E-state index is 12.5. The molecule has 0 spiro atoms. The number of halogens is 2. The van der Waals surface area contributed by atoms with Gasteiger partial charge in [-0.1, -0.05) is 0 Å². The van der Waals surface area contributed by atoms with E-state index < -0.39 is 0 Å². The first-order chi connectivity index (χ1) is 5.84. The molecule has 1 heterocycles. The first kappa shape index (κ1) is 10.3. The minimum atomic E-state index is -0.228. The maximum Gasteiger partial charge on any atom is 0.123 e. The van der Waals surface area contributed by atoms with E-state index in [2.05, 4.69) is 5.32 Å². The summed E-state index contributed by atoms with van der Waals surface area (Å²) in [6.45, 7) is 1.77. The molecule has 0 unspecified atom stereocenters. The van der Waals surface area contributed by atoms with Gasteiger partial charge in [0.2, 0.25) is 0 Å². The fourth-order valence-corrected chi connectivity index (χ4v) is 1.05. The minimum Gasteiger partial charge on any atom is -0.488 e. The molecule has 1 aromatic rings. The third-order valence-electron chi connectivity index (χ3n) is 1.86. The molecular formula is C9H11ClFNO. The zero-order valence-corrected chi connectivity index (χ0v) is 7.81. The number of benzene rings is 1. The van der Waals surface area contributed by atoms with Crippen LogP contribution in [0.3, 0.4) is 0 Å². The van der Waals surface area contributed by atoms with E-state index in [4.69, 9.17) is 4.74 Å². The second-order valence-corrected chi connectivity index (χ2v) is 2.85. The highest BCUT2D eigenvalue weighted by Gasteiger charge is 2.17. The van der Waals surface area contributed by atoms with Crippen LogP contribution >= 0.6 is 12.4 Å². The Morgan fingerprint density at radius 1 is 1.23 bits per heavy atom. The Balaban J connectivity index is 0.000000845. The normalized spacial score (nSPS) is 15.8. The lowest BCUT2D eigenvalue weighted by molar-refractivity contribution is 0.142. The molecule has 0 bridgehead atoms. The van der Waals surface area contributed by atoms with Gasteiger partial charge >= 0.3 is 0 Å². The van der Waals surface area contributed by atoms with Crippen molar-refractivity contribution in [3.05, 3.63) is 30.1 Å². The van der Waals surface area contributed by atoms with E-state index in [9.17, 15) is 4.39 Å². The first-order valence-corrected chi connectivity index (χ1v) is 3.97. The lowest BCUT2D eigenvalue weighted by Gasteiger charge is -2.27. The van der Waals surface area contributed by atoms with Gasteiger partial charge in [-0.15, -0.1) is 12.4 Å². The van der Waals surface area contributed by atoms with Crippen molar-refractivity contribution in [2.45, 2.75) is 6.10 Å². The minimum absolute atomic E-state index is 0. The number of nitrogens with one attached hydrogen (secondary N) is 1. The molecule has 4 heteroatoms. The highest BCUT2D eigenvalue weighted by molar-refractivity contribution is 5.85. The molecule has 0 radical (unpaired) electrons. The van der Waals surface area contributed by atoms with Crippen LogP contribution in [-0.4, -0.2) is 19.2 Å². The summed E-state index contributed by atoms with van der Waals surface area (Å²) in [6.07, 6.45) is 0.260. The van der Waals surface area contributed by atoms with Crippen LogP contribution < -0.4 is 10.1 Å². The summed E-state index contributed by atoms with van der Waals surface area (Å²) >= 11 is 0. The van der Waals surface area contributed by atoms with Gasteiger partial charge in [0.15, 0.2) is 0 Å². The van der Waals surface area contributed by atoms with E-state index in [1.165, 1.54) is 12.1 Å². The average Bonchev–Trinajstić information content (AvgIpc) is 2.00. The Hall–Kier alpha value is -0.800. The fraction of sp³-hybridized carbons (Fsp3) is 0.333. The monoisotopic (exact) mass is 203 g/mol. The molecule has 72 valence electrons. The summed E-state index contributed by atoms with van der Waals surface area (Å²) < 4.78 is 17.9. The van der Waals surface area contributed by atoms with Crippen molar-refractivity contribution < 1.29 is 9.13 Å². The third kappa shape index (κ3) is 2.57. The summed E-state index contributed by atoms with van der Waals surface area (Å²) in [6, 6.07) is 6.10. The largest absolute Gasteiger partial charge is 0.488 e. The summed E-state index contributed by atoms with van der Waals surface area (Å²) in [4.78, 5) is 0. The molecule has 1 saturated heterocycles. The first-order valence-electron chi connectivity index (χ1n) is 3.97. The van der Waals surface area contributed by atoms with E-state index in [1.54, 1.807) is 12.1 Å². The predicted molar refractivity (Wildman–Crippen MR) is 50.9 cm³/mol. The molecule has 13 heavy (non-hydrogen) atoms. The molecular weight excluding hydrogens is 193 g/mol. The number of ether oxygens (including phenoxy) is 1. The molecule has 1 aliphatic heterocycles. The Kier molecular flexibility index (Phi) is 3.51. The van der Waals surface area contributed by atoms with Gasteiger partial charge in [0.05, 0.1) is 0 Å². The molecule has 0 saturated carbocycles. The van der Waals surface area contributed by atoms with Crippen LogP contribution in [0.4, 0.5) is 4.39 Å². The van der Waals surface area contributed by atoms with E-state index in [0.29, 0.717) is 0 Å². The van der Waals surface area contributed by atoms with E-state index in [1.807, 2.05) is 0 Å². The molecule has 0 amide bonds. The zero-order valence-electron chi connectivity index (χ0n) is 7.00.